The smallest absolute Gasteiger partial charge is 0.328 e. The molecule has 0 atom stereocenters. The van der Waals surface area contributed by atoms with E-state index in [4.69, 9.17) is 16.3 Å². The second kappa shape index (κ2) is 8.42. The van der Waals surface area contributed by atoms with Crippen molar-refractivity contribution in [2.24, 2.45) is 0 Å². The molecule has 0 unspecified atom stereocenters. The van der Waals surface area contributed by atoms with Crippen molar-refractivity contribution in [1.29, 1.82) is 0 Å². The Morgan fingerprint density at radius 1 is 1.19 bits per heavy atom. The molecule has 0 fully saturated rings. The van der Waals surface area contributed by atoms with E-state index >= 15 is 0 Å². The number of fused-ring (bicyclic) bond motifs is 1. The van der Waals surface area contributed by atoms with Crippen LogP contribution in [0.3, 0.4) is 0 Å². The van der Waals surface area contributed by atoms with E-state index in [0.717, 1.165) is 27.3 Å². The van der Waals surface area contributed by atoms with Crippen molar-refractivity contribution in [2.45, 2.75) is 39.0 Å². The predicted molar refractivity (Wildman–Crippen MR) is 120 cm³/mol. The summed E-state index contributed by atoms with van der Waals surface area (Å²) in [6.07, 6.45) is 0.00467. The molecule has 0 spiro atoms. The monoisotopic (exact) mass is 456 g/mol. The minimum Gasteiger partial charge on any atom is -0.480 e. The molecule has 1 aliphatic rings. The van der Waals surface area contributed by atoms with Crippen LogP contribution in [0.1, 0.15) is 30.7 Å². The molecule has 8 heteroatoms. The Labute approximate surface area is 188 Å². The van der Waals surface area contributed by atoms with Crippen LogP contribution in [-0.4, -0.2) is 27.5 Å². The topological polar surface area (TPSA) is 88.5 Å². The van der Waals surface area contributed by atoms with Crippen molar-refractivity contribution in [2.75, 3.05) is 0 Å². The summed E-state index contributed by atoms with van der Waals surface area (Å²) in [5, 5.41) is 14.9. The van der Waals surface area contributed by atoms with Crippen molar-refractivity contribution in [3.8, 4) is 21.7 Å². The van der Waals surface area contributed by atoms with E-state index in [1.54, 1.807) is 0 Å². The Morgan fingerprint density at radius 3 is 2.77 bits per heavy atom. The molecule has 3 aromatic rings. The van der Waals surface area contributed by atoms with E-state index in [9.17, 15) is 14.7 Å². The minimum absolute atomic E-state index is 0.00467. The Morgan fingerprint density at radius 2 is 2.00 bits per heavy atom. The Balaban J connectivity index is 1.64. The first kappa shape index (κ1) is 21.5. The number of thiazole rings is 1. The fourth-order valence-electron chi connectivity index (χ4n) is 3.50. The summed E-state index contributed by atoms with van der Waals surface area (Å²) >= 11 is 7.75. The van der Waals surface area contributed by atoms with Crippen molar-refractivity contribution < 1.29 is 19.4 Å². The van der Waals surface area contributed by atoms with Gasteiger partial charge in [0, 0.05) is 16.0 Å². The maximum absolute atomic E-state index is 12.3. The zero-order chi connectivity index (χ0) is 22.2. The van der Waals surface area contributed by atoms with Gasteiger partial charge < -0.3 is 15.2 Å². The molecule has 160 valence electrons. The molecule has 0 saturated heterocycles. The van der Waals surface area contributed by atoms with Gasteiger partial charge in [0.05, 0.1) is 25.3 Å². The molecular formula is C23H21ClN2O4S. The highest BCUT2D eigenvalue weighted by Gasteiger charge is 2.29. The number of halogens is 1. The van der Waals surface area contributed by atoms with E-state index in [0.29, 0.717) is 23.9 Å². The largest absolute Gasteiger partial charge is 0.480 e. The number of carboxylic acid groups (broad SMARTS) is 1. The third-order valence-electron chi connectivity index (χ3n) is 5.16. The number of nitrogens with one attached hydrogen (secondary N) is 1. The van der Waals surface area contributed by atoms with Gasteiger partial charge >= 0.3 is 5.97 Å². The summed E-state index contributed by atoms with van der Waals surface area (Å²) < 4.78 is 5.63. The van der Waals surface area contributed by atoms with Crippen LogP contribution in [0.25, 0.3) is 21.7 Å². The first-order valence-corrected chi connectivity index (χ1v) is 11.0. The summed E-state index contributed by atoms with van der Waals surface area (Å²) in [5.74, 6) is -1.48. The summed E-state index contributed by atoms with van der Waals surface area (Å²) in [5.41, 5.74) is 4.51. The highest BCUT2D eigenvalue weighted by Crippen LogP contribution is 2.39. The third kappa shape index (κ3) is 4.49. The number of ether oxygens (including phenoxy) is 1. The van der Waals surface area contributed by atoms with Gasteiger partial charge in [0.15, 0.2) is 0 Å². The predicted octanol–water partition coefficient (Wildman–Crippen LogP) is 4.68. The van der Waals surface area contributed by atoms with E-state index in [1.165, 1.54) is 30.7 Å². The first-order valence-electron chi connectivity index (χ1n) is 9.72. The molecule has 0 aliphatic carbocycles. The summed E-state index contributed by atoms with van der Waals surface area (Å²) in [6, 6.07) is 11.8. The van der Waals surface area contributed by atoms with E-state index in [2.05, 4.69) is 22.4 Å². The fraction of sp³-hybridized carbons (Fsp3) is 0.261. The van der Waals surface area contributed by atoms with Crippen LogP contribution in [-0.2, 0) is 34.0 Å². The molecule has 6 nitrogen and oxygen atoms in total. The van der Waals surface area contributed by atoms with Crippen LogP contribution in [0.2, 0.25) is 5.02 Å². The van der Waals surface area contributed by atoms with Gasteiger partial charge in [-0.3, -0.25) is 4.79 Å². The third-order valence-corrected chi connectivity index (χ3v) is 6.32. The lowest BCUT2D eigenvalue weighted by atomic mass is 9.94. The van der Waals surface area contributed by atoms with Crippen LogP contribution in [0.4, 0.5) is 0 Å². The van der Waals surface area contributed by atoms with Crippen molar-refractivity contribution in [3.05, 3.63) is 63.6 Å². The van der Waals surface area contributed by atoms with E-state index in [-0.39, 0.29) is 6.42 Å². The number of nitrogens with zero attached hydrogens (tertiary/aromatic N) is 1. The normalized spacial score (nSPS) is 13.1. The van der Waals surface area contributed by atoms with E-state index < -0.39 is 17.4 Å². The van der Waals surface area contributed by atoms with Crippen LogP contribution >= 0.6 is 22.9 Å². The van der Waals surface area contributed by atoms with Crippen LogP contribution < -0.4 is 5.32 Å². The molecule has 0 bridgehead atoms. The van der Waals surface area contributed by atoms with Gasteiger partial charge in [-0.1, -0.05) is 29.8 Å². The highest BCUT2D eigenvalue weighted by atomic mass is 35.5. The summed E-state index contributed by atoms with van der Waals surface area (Å²) in [4.78, 5) is 28.2. The lowest BCUT2D eigenvalue weighted by Crippen LogP contribution is -2.50. The molecule has 4 rings (SSSR count). The molecule has 31 heavy (non-hydrogen) atoms. The average molecular weight is 457 g/mol. The minimum atomic E-state index is -1.34. The molecule has 2 aromatic carbocycles. The van der Waals surface area contributed by atoms with E-state index in [1.807, 2.05) is 29.6 Å². The van der Waals surface area contributed by atoms with Gasteiger partial charge in [-0.25, -0.2) is 9.78 Å². The molecule has 1 aliphatic heterocycles. The number of carbonyl (C=O) groups is 2. The Kier molecular flexibility index (Phi) is 5.83. The lowest BCUT2D eigenvalue weighted by Gasteiger charge is -2.20. The Bertz CT molecular complexity index is 1170. The van der Waals surface area contributed by atoms with Crippen LogP contribution in [0, 0.1) is 0 Å². The van der Waals surface area contributed by atoms with Crippen molar-refractivity contribution in [3.63, 3.8) is 0 Å². The van der Waals surface area contributed by atoms with Gasteiger partial charge in [-0.15, -0.1) is 11.3 Å². The molecule has 1 amide bonds. The quantitative estimate of drug-likeness (QED) is 0.562. The van der Waals surface area contributed by atoms with Crippen LogP contribution in [0.15, 0.2) is 41.8 Å². The molecule has 2 N–H and O–H groups in total. The van der Waals surface area contributed by atoms with Crippen LogP contribution in [0.5, 0.6) is 0 Å². The SMILES string of the molecule is CC(C)(NC(=O)Cc1csc(-c2ccc(Cl)cc2-c2cccc3c2COC3)n1)C(=O)O. The van der Waals surface area contributed by atoms with Crippen molar-refractivity contribution in [1.82, 2.24) is 10.3 Å². The maximum Gasteiger partial charge on any atom is 0.328 e. The standard InChI is InChI=1S/C23H21ClN2O4S/c1-23(2,22(28)29)26-20(27)9-15-12-31-21(25-15)17-7-6-14(24)8-18(17)16-5-3-4-13-10-30-11-19(13)16/h3-8,12H,9-11H2,1-2H3,(H,26,27)(H,28,29). The number of aliphatic carboxylic acids is 1. The number of benzene rings is 2. The lowest BCUT2D eigenvalue weighted by molar-refractivity contribution is -0.145. The number of carbonyl (C=O) groups excluding carboxylic acids is 1. The number of aromatic nitrogens is 1. The number of rotatable bonds is 6. The number of hydrogen-bond acceptors (Lipinski definition) is 5. The van der Waals surface area contributed by atoms with Gasteiger partial charge in [0.25, 0.3) is 0 Å². The average Bonchev–Trinajstić information content (AvgIpc) is 3.36. The molecule has 0 saturated carbocycles. The summed E-state index contributed by atoms with van der Waals surface area (Å²) in [6.45, 7) is 4.05. The second-order valence-corrected chi connectivity index (χ2v) is 9.22. The molecule has 1 aromatic heterocycles. The van der Waals surface area contributed by atoms with Gasteiger partial charge in [0.2, 0.25) is 5.91 Å². The summed E-state index contributed by atoms with van der Waals surface area (Å²) in [7, 11) is 0. The Hall–Kier alpha value is -2.74. The van der Waals surface area contributed by atoms with Gasteiger partial charge in [-0.05, 0) is 54.3 Å². The number of carboxylic acids is 1. The second-order valence-electron chi connectivity index (χ2n) is 7.93. The molecule has 2 heterocycles. The van der Waals surface area contributed by atoms with Gasteiger partial charge in [0.1, 0.15) is 10.5 Å². The highest BCUT2D eigenvalue weighted by molar-refractivity contribution is 7.13. The first-order chi connectivity index (χ1) is 14.7. The zero-order valence-corrected chi connectivity index (χ0v) is 18.6. The maximum atomic E-state index is 12.3. The van der Waals surface area contributed by atoms with Gasteiger partial charge in [-0.2, -0.15) is 0 Å². The number of amides is 1. The molecular weight excluding hydrogens is 436 g/mol. The zero-order valence-electron chi connectivity index (χ0n) is 17.1. The van der Waals surface area contributed by atoms with Crippen molar-refractivity contribution >= 4 is 34.8 Å². The molecule has 0 radical (unpaired) electrons. The number of hydrogen-bond donors (Lipinski definition) is 2. The fourth-order valence-corrected chi connectivity index (χ4v) is 4.53.